The molecule has 0 saturated carbocycles. The zero-order chi connectivity index (χ0) is 16.9. The zero-order valence-electron chi connectivity index (χ0n) is 15.1. The number of piperidine rings is 1. The summed E-state index contributed by atoms with van der Waals surface area (Å²) in [5, 5.41) is 16.9. The lowest BCUT2D eigenvalue weighted by molar-refractivity contribution is 0.116. The van der Waals surface area contributed by atoms with E-state index in [9.17, 15) is 0 Å². The van der Waals surface area contributed by atoms with Gasteiger partial charge in [0, 0.05) is 18.3 Å². The van der Waals surface area contributed by atoms with Gasteiger partial charge in [0.15, 0.2) is 5.82 Å². The van der Waals surface area contributed by atoms with Gasteiger partial charge in [-0.3, -0.25) is 9.58 Å². The quantitative estimate of drug-likeness (QED) is 0.779. The molecule has 1 atom stereocenters. The van der Waals surface area contributed by atoms with E-state index in [2.05, 4.69) is 57.0 Å². The lowest BCUT2D eigenvalue weighted by Gasteiger charge is -2.35. The number of aromatic nitrogens is 6. The molecule has 2 aromatic rings. The minimum absolute atomic E-state index is 0.507. The molecule has 132 valence electrons. The summed E-state index contributed by atoms with van der Waals surface area (Å²) >= 11 is 0. The van der Waals surface area contributed by atoms with Crippen LogP contribution in [-0.4, -0.2) is 47.5 Å². The molecule has 0 aliphatic carbocycles. The molecule has 2 aromatic heterocycles. The van der Waals surface area contributed by atoms with Crippen molar-refractivity contribution in [2.24, 2.45) is 0 Å². The van der Waals surface area contributed by atoms with Crippen molar-refractivity contribution in [3.05, 3.63) is 23.3 Å². The number of tetrazole rings is 1. The van der Waals surface area contributed by atoms with Gasteiger partial charge in [-0.1, -0.05) is 19.8 Å². The fourth-order valence-corrected chi connectivity index (χ4v) is 3.53. The van der Waals surface area contributed by atoms with Crippen LogP contribution in [-0.2, 0) is 19.6 Å². The molecule has 1 fully saturated rings. The van der Waals surface area contributed by atoms with Crippen LogP contribution in [0.2, 0.25) is 0 Å². The molecule has 0 bridgehead atoms. The summed E-state index contributed by atoms with van der Waals surface area (Å²) < 4.78 is 4.12. The minimum Gasteiger partial charge on any atom is -0.291 e. The summed E-state index contributed by atoms with van der Waals surface area (Å²) in [6, 6.07) is 2.66. The van der Waals surface area contributed by atoms with Crippen LogP contribution in [0, 0.1) is 13.8 Å². The molecule has 7 nitrogen and oxygen atoms in total. The number of likely N-dealkylation sites (tertiary alicyclic amines) is 1. The van der Waals surface area contributed by atoms with Gasteiger partial charge in [0.2, 0.25) is 0 Å². The highest BCUT2D eigenvalue weighted by Gasteiger charge is 2.25. The molecular weight excluding hydrogens is 302 g/mol. The van der Waals surface area contributed by atoms with E-state index in [0.29, 0.717) is 6.04 Å². The third-order valence-corrected chi connectivity index (χ3v) is 4.91. The van der Waals surface area contributed by atoms with Crippen molar-refractivity contribution >= 4 is 0 Å². The van der Waals surface area contributed by atoms with Crippen molar-refractivity contribution in [3.8, 4) is 0 Å². The maximum absolute atomic E-state index is 4.64. The Morgan fingerprint density at radius 1 is 1.21 bits per heavy atom. The fraction of sp³-hybridized carbons (Fsp3) is 0.765. The second-order valence-corrected chi connectivity index (χ2v) is 6.90. The van der Waals surface area contributed by atoms with Gasteiger partial charge in [0.25, 0.3) is 0 Å². The lowest BCUT2D eigenvalue weighted by Crippen LogP contribution is -2.42. The summed E-state index contributed by atoms with van der Waals surface area (Å²) in [5.74, 6) is 0.990. The van der Waals surface area contributed by atoms with Gasteiger partial charge in [0.1, 0.15) is 0 Å². The normalized spacial score (nSPS) is 19.0. The molecule has 0 radical (unpaired) electrons. The van der Waals surface area contributed by atoms with Gasteiger partial charge in [-0.2, -0.15) is 5.10 Å². The molecule has 0 aromatic carbocycles. The Kier molecular flexibility index (Phi) is 5.60. The zero-order valence-corrected chi connectivity index (χ0v) is 15.1. The van der Waals surface area contributed by atoms with Crippen molar-refractivity contribution in [2.45, 2.75) is 78.6 Å². The fourth-order valence-electron chi connectivity index (χ4n) is 3.53. The van der Waals surface area contributed by atoms with E-state index >= 15 is 0 Å². The number of nitrogens with zero attached hydrogens (tertiary/aromatic N) is 7. The molecule has 1 aliphatic heterocycles. The second kappa shape index (κ2) is 7.88. The van der Waals surface area contributed by atoms with Crippen molar-refractivity contribution in [3.63, 3.8) is 0 Å². The number of rotatable bonds is 7. The Hall–Kier alpha value is -1.76. The highest BCUT2D eigenvalue weighted by atomic mass is 15.5. The predicted octanol–water partition coefficient (Wildman–Crippen LogP) is 2.34. The van der Waals surface area contributed by atoms with Gasteiger partial charge in [0.05, 0.1) is 18.8 Å². The molecule has 3 heterocycles. The van der Waals surface area contributed by atoms with Gasteiger partial charge < -0.3 is 0 Å². The molecular formula is C17H29N7. The number of aryl methyl sites for hydroxylation is 3. The van der Waals surface area contributed by atoms with Crippen LogP contribution >= 0.6 is 0 Å². The molecule has 1 unspecified atom stereocenters. The molecule has 7 heteroatoms. The first-order chi connectivity index (χ1) is 11.7. The van der Waals surface area contributed by atoms with Gasteiger partial charge in [-0.25, -0.2) is 4.68 Å². The lowest BCUT2D eigenvalue weighted by atomic mass is 10.0. The maximum Gasteiger partial charge on any atom is 0.165 e. The van der Waals surface area contributed by atoms with Crippen LogP contribution in [0.25, 0.3) is 0 Å². The van der Waals surface area contributed by atoms with Crippen LogP contribution in [0.15, 0.2) is 6.07 Å². The van der Waals surface area contributed by atoms with E-state index in [4.69, 9.17) is 0 Å². The standard InChI is InChI=1S/C17H29N7/c1-4-5-10-23-17(18-20-21-23)13-22-9-7-6-8-16(22)12-24-15(3)11-14(2)19-24/h11,16H,4-10,12-13H2,1-3H3. The van der Waals surface area contributed by atoms with Crippen molar-refractivity contribution < 1.29 is 0 Å². The van der Waals surface area contributed by atoms with Gasteiger partial charge in [-0.15, -0.1) is 5.10 Å². The predicted molar refractivity (Wildman–Crippen MR) is 92.5 cm³/mol. The van der Waals surface area contributed by atoms with Crippen LogP contribution in [0.1, 0.15) is 56.2 Å². The third-order valence-electron chi connectivity index (χ3n) is 4.91. The Balaban J connectivity index is 1.68. The first kappa shape index (κ1) is 17.1. The molecule has 24 heavy (non-hydrogen) atoms. The van der Waals surface area contributed by atoms with Gasteiger partial charge >= 0.3 is 0 Å². The molecule has 1 saturated heterocycles. The first-order valence-electron chi connectivity index (χ1n) is 9.17. The summed E-state index contributed by atoms with van der Waals surface area (Å²) in [6.45, 7) is 10.2. The molecule has 1 aliphatic rings. The Bertz CT molecular complexity index is 645. The largest absolute Gasteiger partial charge is 0.291 e. The van der Waals surface area contributed by atoms with Crippen LogP contribution in [0.3, 0.4) is 0 Å². The number of hydrogen-bond acceptors (Lipinski definition) is 5. The molecule has 0 N–H and O–H groups in total. The van der Waals surface area contributed by atoms with Gasteiger partial charge in [-0.05, 0) is 56.1 Å². The average Bonchev–Trinajstić information content (AvgIpc) is 3.13. The average molecular weight is 331 g/mol. The van der Waals surface area contributed by atoms with E-state index in [-0.39, 0.29) is 0 Å². The van der Waals surface area contributed by atoms with E-state index in [1.54, 1.807) is 0 Å². The number of hydrogen-bond donors (Lipinski definition) is 0. The summed E-state index contributed by atoms with van der Waals surface area (Å²) in [4.78, 5) is 2.54. The van der Waals surface area contributed by atoms with Crippen LogP contribution in [0.5, 0.6) is 0 Å². The summed E-state index contributed by atoms with van der Waals surface area (Å²) in [5.41, 5.74) is 2.34. The topological polar surface area (TPSA) is 64.7 Å². The summed E-state index contributed by atoms with van der Waals surface area (Å²) in [7, 11) is 0. The van der Waals surface area contributed by atoms with Crippen molar-refractivity contribution in [1.29, 1.82) is 0 Å². The van der Waals surface area contributed by atoms with E-state index in [1.165, 1.54) is 25.0 Å². The van der Waals surface area contributed by atoms with Crippen molar-refractivity contribution in [2.75, 3.05) is 6.54 Å². The van der Waals surface area contributed by atoms with E-state index in [1.807, 2.05) is 4.68 Å². The first-order valence-corrected chi connectivity index (χ1v) is 9.17. The Morgan fingerprint density at radius 2 is 2.08 bits per heavy atom. The molecule has 3 rings (SSSR count). The maximum atomic E-state index is 4.64. The minimum atomic E-state index is 0.507. The smallest absolute Gasteiger partial charge is 0.165 e. The van der Waals surface area contributed by atoms with Crippen LogP contribution in [0.4, 0.5) is 0 Å². The highest BCUT2D eigenvalue weighted by molar-refractivity contribution is 5.06. The molecule has 0 spiro atoms. The summed E-state index contributed by atoms with van der Waals surface area (Å²) in [6.07, 6.45) is 6.04. The molecule has 0 amide bonds. The van der Waals surface area contributed by atoms with Crippen LogP contribution < -0.4 is 0 Å². The van der Waals surface area contributed by atoms with E-state index in [0.717, 1.165) is 50.5 Å². The third kappa shape index (κ3) is 4.01. The van der Waals surface area contributed by atoms with E-state index < -0.39 is 0 Å². The SMILES string of the molecule is CCCCn1nnnc1CN1CCCCC1Cn1nc(C)cc1C. The highest BCUT2D eigenvalue weighted by Crippen LogP contribution is 2.21. The monoisotopic (exact) mass is 331 g/mol. The Labute approximate surface area is 144 Å². The van der Waals surface area contributed by atoms with Crippen molar-refractivity contribution in [1.82, 2.24) is 34.9 Å². The number of unbranched alkanes of at least 4 members (excludes halogenated alkanes) is 1. The second-order valence-electron chi connectivity index (χ2n) is 6.90. The Morgan fingerprint density at radius 3 is 2.83 bits per heavy atom.